The van der Waals surface area contributed by atoms with Gasteiger partial charge in [0.15, 0.2) is 0 Å². The van der Waals surface area contributed by atoms with Crippen LogP contribution >= 0.6 is 0 Å². The molecule has 1 aliphatic rings. The highest BCUT2D eigenvalue weighted by Gasteiger charge is 2.20. The minimum absolute atomic E-state index is 0.0404. The van der Waals surface area contributed by atoms with Gasteiger partial charge in [-0.05, 0) is 30.9 Å². The molecule has 0 saturated heterocycles. The molecule has 1 aromatic rings. The minimum atomic E-state index is 0.0404. The molecule has 3 nitrogen and oxygen atoms in total. The second kappa shape index (κ2) is 5.89. The number of nitrogens with two attached hydrogens (primary N) is 1. The van der Waals surface area contributed by atoms with Crippen LogP contribution in [0, 0.1) is 5.92 Å². The fourth-order valence-corrected chi connectivity index (χ4v) is 2.74. The van der Waals surface area contributed by atoms with Gasteiger partial charge in [0.05, 0.1) is 5.56 Å². The molecule has 2 N–H and O–H groups in total. The SMILES string of the molecule is CN(CC1CCCCC1)C(=O)c1ccccc1N. The number of carbonyl (C=O) groups excluding carboxylic acids is 1. The van der Waals surface area contributed by atoms with Gasteiger partial charge in [-0.25, -0.2) is 0 Å². The van der Waals surface area contributed by atoms with Crippen LogP contribution in [0.5, 0.6) is 0 Å². The monoisotopic (exact) mass is 246 g/mol. The first kappa shape index (κ1) is 12.9. The molecule has 0 spiro atoms. The molecule has 98 valence electrons. The number of anilines is 1. The van der Waals surface area contributed by atoms with Crippen LogP contribution in [0.3, 0.4) is 0 Å². The van der Waals surface area contributed by atoms with Crippen LogP contribution in [0.4, 0.5) is 5.69 Å². The number of carbonyl (C=O) groups is 1. The van der Waals surface area contributed by atoms with E-state index in [0.29, 0.717) is 17.2 Å². The summed E-state index contributed by atoms with van der Waals surface area (Å²) in [6.07, 6.45) is 6.46. The van der Waals surface area contributed by atoms with Gasteiger partial charge in [-0.1, -0.05) is 31.4 Å². The normalized spacial score (nSPS) is 16.5. The number of para-hydroxylation sites is 1. The third-order valence-corrected chi connectivity index (χ3v) is 3.79. The summed E-state index contributed by atoms with van der Waals surface area (Å²) < 4.78 is 0. The van der Waals surface area contributed by atoms with Crippen molar-refractivity contribution in [2.24, 2.45) is 5.92 Å². The highest BCUT2D eigenvalue weighted by atomic mass is 16.2. The van der Waals surface area contributed by atoms with Crippen LogP contribution in [0.2, 0.25) is 0 Å². The first-order valence-electron chi connectivity index (χ1n) is 6.78. The summed E-state index contributed by atoms with van der Waals surface area (Å²) in [7, 11) is 1.88. The summed E-state index contributed by atoms with van der Waals surface area (Å²) in [6, 6.07) is 7.29. The topological polar surface area (TPSA) is 46.3 Å². The summed E-state index contributed by atoms with van der Waals surface area (Å²) in [4.78, 5) is 14.1. The molecule has 0 bridgehead atoms. The molecule has 18 heavy (non-hydrogen) atoms. The molecule has 0 radical (unpaired) electrons. The number of hydrogen-bond acceptors (Lipinski definition) is 2. The Morgan fingerprint density at radius 1 is 1.28 bits per heavy atom. The lowest BCUT2D eigenvalue weighted by atomic mass is 9.89. The van der Waals surface area contributed by atoms with Crippen LogP contribution in [0.25, 0.3) is 0 Å². The lowest BCUT2D eigenvalue weighted by Crippen LogP contribution is -2.33. The van der Waals surface area contributed by atoms with E-state index in [1.54, 1.807) is 12.1 Å². The molecule has 2 rings (SSSR count). The zero-order valence-electron chi connectivity index (χ0n) is 11.1. The molecule has 0 aromatic heterocycles. The largest absolute Gasteiger partial charge is 0.398 e. The Bertz CT molecular complexity index is 411. The number of hydrogen-bond donors (Lipinski definition) is 1. The predicted octanol–water partition coefficient (Wildman–Crippen LogP) is 2.92. The molecular weight excluding hydrogens is 224 g/mol. The van der Waals surface area contributed by atoms with Gasteiger partial charge >= 0.3 is 0 Å². The zero-order valence-corrected chi connectivity index (χ0v) is 11.1. The Morgan fingerprint density at radius 2 is 1.94 bits per heavy atom. The Balaban J connectivity index is 1.98. The maximum atomic E-state index is 12.3. The minimum Gasteiger partial charge on any atom is -0.398 e. The van der Waals surface area contributed by atoms with Gasteiger partial charge in [0.2, 0.25) is 0 Å². The van der Waals surface area contributed by atoms with Gasteiger partial charge in [-0.3, -0.25) is 4.79 Å². The summed E-state index contributed by atoms with van der Waals surface area (Å²) in [5.74, 6) is 0.705. The van der Waals surface area contributed by atoms with Crippen molar-refractivity contribution in [3.05, 3.63) is 29.8 Å². The summed E-state index contributed by atoms with van der Waals surface area (Å²) >= 11 is 0. The second-order valence-corrected chi connectivity index (χ2v) is 5.28. The smallest absolute Gasteiger partial charge is 0.255 e. The number of nitrogen functional groups attached to an aromatic ring is 1. The maximum Gasteiger partial charge on any atom is 0.255 e. The van der Waals surface area contributed by atoms with Crippen LogP contribution in [-0.2, 0) is 0 Å². The van der Waals surface area contributed by atoms with Gasteiger partial charge < -0.3 is 10.6 Å². The first-order valence-corrected chi connectivity index (χ1v) is 6.78. The lowest BCUT2D eigenvalue weighted by Gasteiger charge is -2.27. The maximum absolute atomic E-state index is 12.3. The van der Waals surface area contributed by atoms with Gasteiger partial charge in [0.1, 0.15) is 0 Å². The van der Waals surface area contributed by atoms with Gasteiger partial charge in [-0.2, -0.15) is 0 Å². The van der Waals surface area contributed by atoms with E-state index in [0.717, 1.165) is 6.54 Å². The molecule has 3 heteroatoms. The van der Waals surface area contributed by atoms with Gasteiger partial charge in [-0.15, -0.1) is 0 Å². The lowest BCUT2D eigenvalue weighted by molar-refractivity contribution is 0.0761. The Labute approximate surface area is 109 Å². The van der Waals surface area contributed by atoms with Crippen molar-refractivity contribution in [1.29, 1.82) is 0 Å². The van der Waals surface area contributed by atoms with Crippen LogP contribution in [0.15, 0.2) is 24.3 Å². The Hall–Kier alpha value is -1.51. The Kier molecular flexibility index (Phi) is 4.24. The molecule has 0 atom stereocenters. The van der Waals surface area contributed by atoms with Gasteiger partial charge in [0.25, 0.3) is 5.91 Å². The highest BCUT2D eigenvalue weighted by molar-refractivity contribution is 5.98. The number of rotatable bonds is 3. The van der Waals surface area contributed by atoms with Crippen molar-refractivity contribution in [1.82, 2.24) is 4.90 Å². The van der Waals surface area contributed by atoms with E-state index in [-0.39, 0.29) is 5.91 Å². The van der Waals surface area contributed by atoms with Crippen LogP contribution in [-0.4, -0.2) is 24.4 Å². The molecule has 0 unspecified atom stereocenters. The standard InChI is InChI=1S/C15H22N2O/c1-17(11-12-7-3-2-4-8-12)15(18)13-9-5-6-10-14(13)16/h5-6,9-10,12H,2-4,7-8,11,16H2,1H3. The average molecular weight is 246 g/mol. The van der Waals surface area contributed by atoms with E-state index < -0.39 is 0 Å². The molecule has 1 amide bonds. The summed E-state index contributed by atoms with van der Waals surface area (Å²) in [5.41, 5.74) is 7.03. The number of benzene rings is 1. The second-order valence-electron chi connectivity index (χ2n) is 5.28. The van der Waals surface area contributed by atoms with E-state index in [9.17, 15) is 4.79 Å². The van der Waals surface area contributed by atoms with E-state index in [1.165, 1.54) is 32.1 Å². The number of nitrogens with zero attached hydrogens (tertiary/aromatic N) is 1. The molecular formula is C15H22N2O. The van der Waals surface area contributed by atoms with Crippen molar-refractivity contribution in [3.8, 4) is 0 Å². The third kappa shape index (κ3) is 3.03. The van der Waals surface area contributed by atoms with E-state index in [4.69, 9.17) is 5.73 Å². The van der Waals surface area contributed by atoms with Crippen molar-refractivity contribution < 1.29 is 4.79 Å². The molecule has 1 aliphatic carbocycles. The Morgan fingerprint density at radius 3 is 2.61 bits per heavy atom. The van der Waals surface area contributed by atoms with Crippen molar-refractivity contribution in [2.75, 3.05) is 19.3 Å². The van der Waals surface area contributed by atoms with E-state index in [2.05, 4.69) is 0 Å². The quantitative estimate of drug-likeness (QED) is 0.833. The zero-order chi connectivity index (χ0) is 13.0. The van der Waals surface area contributed by atoms with Gasteiger partial charge in [0, 0.05) is 19.3 Å². The fourth-order valence-electron chi connectivity index (χ4n) is 2.74. The average Bonchev–Trinajstić information content (AvgIpc) is 2.39. The van der Waals surface area contributed by atoms with Crippen molar-refractivity contribution >= 4 is 11.6 Å². The molecule has 0 heterocycles. The predicted molar refractivity (Wildman–Crippen MR) is 74.4 cm³/mol. The highest BCUT2D eigenvalue weighted by Crippen LogP contribution is 2.24. The van der Waals surface area contributed by atoms with Crippen LogP contribution < -0.4 is 5.73 Å². The third-order valence-electron chi connectivity index (χ3n) is 3.79. The fraction of sp³-hybridized carbons (Fsp3) is 0.533. The van der Waals surface area contributed by atoms with E-state index in [1.807, 2.05) is 24.1 Å². The number of amides is 1. The van der Waals surface area contributed by atoms with Crippen LogP contribution in [0.1, 0.15) is 42.5 Å². The molecule has 0 aliphatic heterocycles. The molecule has 1 saturated carbocycles. The van der Waals surface area contributed by atoms with Crippen molar-refractivity contribution in [2.45, 2.75) is 32.1 Å². The summed E-state index contributed by atoms with van der Waals surface area (Å²) in [5, 5.41) is 0. The molecule has 1 aromatic carbocycles. The van der Waals surface area contributed by atoms with E-state index >= 15 is 0 Å². The first-order chi connectivity index (χ1) is 8.68. The molecule has 1 fully saturated rings. The summed E-state index contributed by atoms with van der Waals surface area (Å²) in [6.45, 7) is 0.854. The van der Waals surface area contributed by atoms with Crippen molar-refractivity contribution in [3.63, 3.8) is 0 Å².